The fourth-order valence-electron chi connectivity index (χ4n) is 4.12. The summed E-state index contributed by atoms with van der Waals surface area (Å²) in [7, 11) is 1.39. The number of ether oxygens (including phenoxy) is 2. The molecule has 1 saturated heterocycles. The molecular formula is C23H27N3O4S. The zero-order valence-electron chi connectivity index (χ0n) is 17.8. The molecule has 0 aromatic heterocycles. The Morgan fingerprint density at radius 3 is 2.81 bits per heavy atom. The number of amides is 1. The number of fused-ring (bicyclic) bond motifs is 1. The maximum absolute atomic E-state index is 12.8. The molecule has 0 saturated carbocycles. The average Bonchev–Trinajstić information content (AvgIpc) is 3.46. The number of allylic oxidation sites excluding steroid dienone is 1. The Morgan fingerprint density at radius 2 is 2.13 bits per heavy atom. The number of nitrogens with zero attached hydrogens (tertiary/aromatic N) is 2. The van der Waals surface area contributed by atoms with Crippen LogP contribution >= 0.6 is 11.8 Å². The number of esters is 1. The lowest BCUT2D eigenvalue weighted by molar-refractivity contribution is -0.136. The van der Waals surface area contributed by atoms with Gasteiger partial charge in [-0.3, -0.25) is 4.79 Å². The van der Waals surface area contributed by atoms with Crippen molar-refractivity contribution in [1.82, 2.24) is 10.2 Å². The molecule has 31 heavy (non-hydrogen) atoms. The number of nitrogens with one attached hydrogen (secondary N) is 1. The van der Waals surface area contributed by atoms with Crippen molar-refractivity contribution in [1.29, 1.82) is 0 Å². The van der Waals surface area contributed by atoms with Crippen LogP contribution < -0.4 is 5.32 Å². The molecule has 0 radical (unpaired) electrons. The molecule has 3 aliphatic heterocycles. The van der Waals surface area contributed by atoms with Crippen molar-refractivity contribution in [3.63, 3.8) is 0 Å². The Kier molecular flexibility index (Phi) is 6.77. The Labute approximate surface area is 186 Å². The first-order chi connectivity index (χ1) is 15.1. The predicted octanol–water partition coefficient (Wildman–Crippen LogP) is 3.51. The molecule has 164 valence electrons. The van der Waals surface area contributed by atoms with Crippen LogP contribution in [0.15, 0.2) is 57.7 Å². The van der Waals surface area contributed by atoms with Crippen LogP contribution in [-0.2, 0) is 19.1 Å². The van der Waals surface area contributed by atoms with E-state index in [1.54, 1.807) is 0 Å². The third-order valence-corrected chi connectivity index (χ3v) is 6.53. The van der Waals surface area contributed by atoms with Gasteiger partial charge in [-0.2, -0.15) is 0 Å². The fourth-order valence-corrected chi connectivity index (χ4v) is 5.06. The second-order valence-corrected chi connectivity index (χ2v) is 8.46. The summed E-state index contributed by atoms with van der Waals surface area (Å²) in [6.45, 7) is 3.26. The molecule has 0 aliphatic carbocycles. The first kappa shape index (κ1) is 21.6. The third-order valence-electron chi connectivity index (χ3n) is 5.64. The van der Waals surface area contributed by atoms with Gasteiger partial charge in [0.25, 0.3) is 0 Å². The van der Waals surface area contributed by atoms with Gasteiger partial charge in [0.2, 0.25) is 5.91 Å². The predicted molar refractivity (Wildman–Crippen MR) is 120 cm³/mol. The summed E-state index contributed by atoms with van der Waals surface area (Å²) in [6.07, 6.45) is 2.93. The van der Waals surface area contributed by atoms with E-state index in [0.29, 0.717) is 18.5 Å². The number of hydrogen-bond donors (Lipinski definition) is 1. The zero-order valence-corrected chi connectivity index (χ0v) is 18.6. The molecule has 2 atom stereocenters. The van der Waals surface area contributed by atoms with Crippen molar-refractivity contribution in [2.24, 2.45) is 4.99 Å². The standard InChI is InChI=1S/C23H27N3O4S/c1-3-18-20(22(28)29-2)21(15-8-5-4-6-9-15)26-16(14-31-23(26)25-18)12-19(27)24-13-17-10-7-11-30-17/h4-6,8-9,14,17,21H,3,7,10-13H2,1-2H3,(H,24,27)/t17-,21+/m1/s1. The number of methoxy groups -OCH3 is 1. The Morgan fingerprint density at radius 1 is 1.32 bits per heavy atom. The summed E-state index contributed by atoms with van der Waals surface area (Å²) in [5, 5.41) is 5.71. The minimum absolute atomic E-state index is 0.0692. The molecular weight excluding hydrogens is 414 g/mol. The van der Waals surface area contributed by atoms with Crippen LogP contribution in [0, 0.1) is 0 Å². The highest BCUT2D eigenvalue weighted by Crippen LogP contribution is 2.45. The number of amidine groups is 1. The van der Waals surface area contributed by atoms with Gasteiger partial charge >= 0.3 is 5.97 Å². The first-order valence-corrected chi connectivity index (χ1v) is 11.5. The van der Waals surface area contributed by atoms with Crippen molar-refractivity contribution >= 4 is 28.8 Å². The lowest BCUT2D eigenvalue weighted by Gasteiger charge is -2.36. The van der Waals surface area contributed by atoms with Gasteiger partial charge in [0.15, 0.2) is 5.17 Å². The van der Waals surface area contributed by atoms with E-state index in [0.717, 1.165) is 41.6 Å². The molecule has 1 N–H and O–H groups in total. The molecule has 3 aliphatic rings. The lowest BCUT2D eigenvalue weighted by Crippen LogP contribution is -2.38. The van der Waals surface area contributed by atoms with Crippen molar-refractivity contribution in [3.8, 4) is 0 Å². The van der Waals surface area contributed by atoms with Crippen LogP contribution in [0.3, 0.4) is 0 Å². The number of rotatable bonds is 7. The number of thioether (sulfide) groups is 1. The summed E-state index contributed by atoms with van der Waals surface area (Å²) in [4.78, 5) is 32.2. The first-order valence-electron chi connectivity index (χ1n) is 10.6. The van der Waals surface area contributed by atoms with Crippen LogP contribution in [0.4, 0.5) is 0 Å². The molecule has 1 amide bonds. The van der Waals surface area contributed by atoms with Gasteiger partial charge in [-0.15, -0.1) is 0 Å². The molecule has 0 spiro atoms. The largest absolute Gasteiger partial charge is 0.466 e. The second kappa shape index (κ2) is 9.70. The van der Waals surface area contributed by atoms with Gasteiger partial charge in [-0.25, -0.2) is 9.79 Å². The summed E-state index contributed by atoms with van der Waals surface area (Å²) < 4.78 is 10.7. The number of carbonyl (C=O) groups excluding carboxylic acids is 2. The molecule has 1 fully saturated rings. The highest BCUT2D eigenvalue weighted by atomic mass is 32.2. The topological polar surface area (TPSA) is 80.2 Å². The van der Waals surface area contributed by atoms with Crippen molar-refractivity contribution in [3.05, 3.63) is 58.3 Å². The van der Waals surface area contributed by atoms with E-state index >= 15 is 0 Å². The Bertz CT molecular complexity index is 935. The van der Waals surface area contributed by atoms with Crippen LogP contribution in [0.1, 0.15) is 44.2 Å². The zero-order chi connectivity index (χ0) is 21.8. The molecule has 1 aromatic carbocycles. The maximum atomic E-state index is 12.8. The van der Waals surface area contributed by atoms with E-state index in [1.807, 2.05) is 47.6 Å². The van der Waals surface area contributed by atoms with Gasteiger partial charge in [-0.1, -0.05) is 49.0 Å². The van der Waals surface area contributed by atoms with Crippen molar-refractivity contribution < 1.29 is 19.1 Å². The second-order valence-electron chi connectivity index (χ2n) is 7.63. The van der Waals surface area contributed by atoms with Crippen molar-refractivity contribution in [2.45, 2.75) is 44.8 Å². The lowest BCUT2D eigenvalue weighted by atomic mass is 9.93. The van der Waals surface area contributed by atoms with Crippen LogP contribution in [0.5, 0.6) is 0 Å². The van der Waals surface area contributed by atoms with Crippen LogP contribution in [0.2, 0.25) is 0 Å². The molecule has 8 heteroatoms. The maximum Gasteiger partial charge on any atom is 0.338 e. The SMILES string of the molecule is CCC1=C(C(=O)OC)[C@H](c2ccccc2)N2C(CC(=O)NC[C@H]3CCCO3)=CSC2=N1. The monoisotopic (exact) mass is 441 g/mol. The van der Waals surface area contributed by atoms with Crippen LogP contribution in [0.25, 0.3) is 0 Å². The molecule has 0 unspecified atom stereocenters. The van der Waals surface area contributed by atoms with E-state index in [-0.39, 0.29) is 24.5 Å². The summed E-state index contributed by atoms with van der Waals surface area (Å²) in [5.41, 5.74) is 3.01. The molecule has 0 bridgehead atoms. The summed E-state index contributed by atoms with van der Waals surface area (Å²) in [5.74, 6) is -0.465. The normalized spacial score (nSPS) is 22.7. The summed E-state index contributed by atoms with van der Waals surface area (Å²) >= 11 is 1.48. The number of benzene rings is 1. The highest BCUT2D eigenvalue weighted by Gasteiger charge is 2.41. The highest BCUT2D eigenvalue weighted by molar-refractivity contribution is 8.16. The molecule has 4 rings (SSSR count). The minimum atomic E-state index is -0.396. The van der Waals surface area contributed by atoms with Gasteiger partial charge in [0.05, 0.1) is 36.9 Å². The third kappa shape index (κ3) is 4.55. The average molecular weight is 442 g/mol. The summed E-state index contributed by atoms with van der Waals surface area (Å²) in [6, 6.07) is 9.43. The number of aliphatic imine (C=N–C) groups is 1. The minimum Gasteiger partial charge on any atom is -0.466 e. The Hall–Kier alpha value is -2.58. The molecule has 3 heterocycles. The molecule has 7 nitrogen and oxygen atoms in total. The number of carbonyl (C=O) groups is 2. The van der Waals surface area contributed by atoms with E-state index in [4.69, 9.17) is 14.5 Å². The smallest absolute Gasteiger partial charge is 0.338 e. The van der Waals surface area contributed by atoms with E-state index < -0.39 is 5.97 Å². The van der Waals surface area contributed by atoms with Gasteiger partial charge in [0.1, 0.15) is 0 Å². The van der Waals surface area contributed by atoms with Gasteiger partial charge in [0, 0.05) is 18.8 Å². The quantitative estimate of drug-likeness (QED) is 0.653. The number of hydrogen-bond acceptors (Lipinski definition) is 7. The fraction of sp³-hybridized carbons (Fsp3) is 0.435. The Balaban J connectivity index is 1.60. The molecule has 1 aromatic rings. The van der Waals surface area contributed by atoms with E-state index in [2.05, 4.69) is 5.32 Å². The van der Waals surface area contributed by atoms with Gasteiger partial charge < -0.3 is 19.7 Å². The van der Waals surface area contributed by atoms with Crippen LogP contribution in [-0.4, -0.2) is 48.3 Å². The van der Waals surface area contributed by atoms with E-state index in [9.17, 15) is 9.59 Å². The van der Waals surface area contributed by atoms with Crippen molar-refractivity contribution in [2.75, 3.05) is 20.3 Å². The van der Waals surface area contributed by atoms with E-state index in [1.165, 1.54) is 18.9 Å². The van der Waals surface area contributed by atoms with Gasteiger partial charge in [-0.05, 0) is 30.2 Å².